The number of anilines is 2. The largest absolute Gasteiger partial charge is 0.371 e. The summed E-state index contributed by atoms with van der Waals surface area (Å²) in [6.07, 6.45) is 9.00. The maximum Gasteiger partial charge on any atom is 0.245 e. The van der Waals surface area contributed by atoms with E-state index < -0.39 is 32.4 Å². The third kappa shape index (κ3) is 6.23. The molecule has 2 saturated heterocycles. The van der Waals surface area contributed by atoms with Crippen LogP contribution in [0.25, 0.3) is 0 Å². The number of piperidine rings is 1. The molecule has 0 saturated carbocycles. The summed E-state index contributed by atoms with van der Waals surface area (Å²) in [5, 5.41) is 2.84. The van der Waals surface area contributed by atoms with Crippen LogP contribution in [0.1, 0.15) is 44.6 Å². The van der Waals surface area contributed by atoms with Crippen molar-refractivity contribution in [1.82, 2.24) is 14.9 Å². The first kappa shape index (κ1) is 28.0. The summed E-state index contributed by atoms with van der Waals surface area (Å²) in [4.78, 5) is 25.6. The fourth-order valence-corrected chi connectivity index (χ4v) is 5.47. The third-order valence-corrected chi connectivity index (χ3v) is 7.87. The van der Waals surface area contributed by atoms with E-state index in [-0.39, 0.29) is 30.0 Å². The summed E-state index contributed by atoms with van der Waals surface area (Å²) in [5.74, 6) is -1.40. The lowest BCUT2D eigenvalue weighted by Gasteiger charge is -2.39. The van der Waals surface area contributed by atoms with E-state index in [1.165, 1.54) is 0 Å². The van der Waals surface area contributed by atoms with Crippen LogP contribution in [0.4, 0.5) is 20.4 Å². The van der Waals surface area contributed by atoms with Gasteiger partial charge in [-0.05, 0) is 50.2 Å². The molecule has 0 aliphatic carbocycles. The molecule has 0 spiro atoms. The van der Waals surface area contributed by atoms with E-state index in [9.17, 15) is 22.0 Å². The lowest BCUT2D eigenvalue weighted by molar-refractivity contribution is -0.134. The number of likely N-dealkylation sites (tertiary alicyclic amines) is 1. The fraction of sp³-hybridized carbons (Fsp3) is 0.542. The average Bonchev–Trinajstić information content (AvgIpc) is 3.02. The Morgan fingerprint density at radius 2 is 1.69 bits per heavy atom. The zero-order valence-electron chi connectivity index (χ0n) is 20.4. The molecule has 2 aliphatic rings. The van der Waals surface area contributed by atoms with E-state index in [0.717, 1.165) is 63.1 Å². The van der Waals surface area contributed by atoms with Gasteiger partial charge >= 0.3 is 0 Å². The van der Waals surface area contributed by atoms with E-state index in [2.05, 4.69) is 27.1 Å². The number of benzene rings is 1. The number of aromatic nitrogens is 2. The number of rotatable bonds is 6. The number of sulfone groups is 1. The number of hydrogen-bond acceptors (Lipinski definition) is 7. The van der Waals surface area contributed by atoms with Crippen molar-refractivity contribution < 1.29 is 22.0 Å². The van der Waals surface area contributed by atoms with Crippen molar-refractivity contribution in [2.75, 3.05) is 36.1 Å². The van der Waals surface area contributed by atoms with Gasteiger partial charge < -0.3 is 15.1 Å². The second-order valence-electron chi connectivity index (χ2n) is 9.22. The number of halogens is 3. The van der Waals surface area contributed by atoms with Crippen LogP contribution in [-0.2, 0) is 21.1 Å². The van der Waals surface area contributed by atoms with Crippen LogP contribution in [0.5, 0.6) is 0 Å². The first-order valence-corrected chi connectivity index (χ1v) is 13.9. The lowest BCUT2D eigenvalue weighted by atomic mass is 10.0. The summed E-state index contributed by atoms with van der Waals surface area (Å²) in [6.45, 7) is 4.13. The molecule has 2 aromatic rings. The number of hydrogen-bond donors (Lipinski definition) is 1. The molecule has 8 nitrogen and oxygen atoms in total. The van der Waals surface area contributed by atoms with Gasteiger partial charge in [0.15, 0.2) is 9.84 Å². The van der Waals surface area contributed by atoms with Crippen LogP contribution >= 0.6 is 12.4 Å². The van der Waals surface area contributed by atoms with Crippen molar-refractivity contribution in [3.63, 3.8) is 0 Å². The molecule has 2 aliphatic heterocycles. The summed E-state index contributed by atoms with van der Waals surface area (Å²) in [7, 11) is -3.90. The minimum Gasteiger partial charge on any atom is -0.371 e. The highest BCUT2D eigenvalue weighted by atomic mass is 35.5. The zero-order valence-corrected chi connectivity index (χ0v) is 22.0. The molecule has 1 unspecified atom stereocenters. The minimum atomic E-state index is -3.90. The number of carbonyl (C=O) groups excluding carboxylic acids is 1. The van der Waals surface area contributed by atoms with Crippen molar-refractivity contribution in [2.24, 2.45) is 0 Å². The van der Waals surface area contributed by atoms with Crippen molar-refractivity contribution >= 4 is 39.8 Å². The van der Waals surface area contributed by atoms with Gasteiger partial charge in [0, 0.05) is 50.4 Å². The number of aryl methyl sites for hydroxylation is 1. The Bertz CT molecular complexity index is 1180. The molecule has 1 atom stereocenters. The Labute approximate surface area is 216 Å². The highest BCUT2D eigenvalue weighted by Gasteiger charge is 2.34. The molecule has 1 aromatic carbocycles. The van der Waals surface area contributed by atoms with Gasteiger partial charge in [-0.15, -0.1) is 12.4 Å². The Hall–Kier alpha value is -2.53. The molecule has 1 amide bonds. The van der Waals surface area contributed by atoms with Gasteiger partial charge in [0.2, 0.25) is 11.9 Å². The van der Waals surface area contributed by atoms with Gasteiger partial charge in [-0.1, -0.05) is 6.92 Å². The van der Waals surface area contributed by atoms with Crippen LogP contribution in [0.3, 0.4) is 0 Å². The van der Waals surface area contributed by atoms with E-state index in [0.29, 0.717) is 25.0 Å². The first-order valence-electron chi connectivity index (χ1n) is 12.0. The Kier molecular flexibility index (Phi) is 9.10. The van der Waals surface area contributed by atoms with E-state index in [1.807, 2.05) is 17.3 Å². The monoisotopic (exact) mass is 543 g/mol. The molecular formula is C24H32ClF2N5O3S. The second kappa shape index (κ2) is 11.7. The smallest absolute Gasteiger partial charge is 0.245 e. The second-order valence-corrected chi connectivity index (χ2v) is 11.2. The Balaban J connectivity index is 0.00000361. The molecule has 4 rings (SSSR count). The van der Waals surface area contributed by atoms with E-state index in [4.69, 9.17) is 0 Å². The average molecular weight is 544 g/mol. The van der Waals surface area contributed by atoms with Crippen LogP contribution in [-0.4, -0.2) is 67.2 Å². The van der Waals surface area contributed by atoms with Gasteiger partial charge in [-0.2, -0.15) is 0 Å². The summed E-state index contributed by atoms with van der Waals surface area (Å²) < 4.78 is 52.3. The molecule has 0 radical (unpaired) electrons. The summed E-state index contributed by atoms with van der Waals surface area (Å²) in [6, 6.07) is 0.816. The van der Waals surface area contributed by atoms with Crippen molar-refractivity contribution in [1.29, 1.82) is 0 Å². The first-order chi connectivity index (χ1) is 16.7. The maximum absolute atomic E-state index is 14.6. The van der Waals surface area contributed by atoms with Gasteiger partial charge in [0.05, 0.1) is 5.69 Å². The standard InChI is InChI=1S/C24H31F2N5O3S.ClH/c1-3-16-14-27-24(28-15-16)30-10-7-17(8-11-30)31-9-5-4-6-20(23(31)32)29-21-12-19(26)22(13-18(21)25)35(2,33)34;/h12-15,17,20,29H,3-11H2,1-2H3;1H. The fourth-order valence-electron chi connectivity index (χ4n) is 4.74. The molecule has 1 N–H and O–H groups in total. The zero-order chi connectivity index (χ0) is 25.2. The van der Waals surface area contributed by atoms with Gasteiger partial charge in [-0.25, -0.2) is 27.2 Å². The predicted octanol–water partition coefficient (Wildman–Crippen LogP) is 3.60. The van der Waals surface area contributed by atoms with Gasteiger partial charge in [0.1, 0.15) is 22.6 Å². The summed E-state index contributed by atoms with van der Waals surface area (Å²) in [5.41, 5.74) is 0.872. The molecule has 12 heteroatoms. The minimum absolute atomic E-state index is 0. The topological polar surface area (TPSA) is 95.5 Å². The van der Waals surface area contributed by atoms with E-state index in [1.54, 1.807) is 0 Å². The van der Waals surface area contributed by atoms with Crippen molar-refractivity contribution in [3.05, 3.63) is 41.7 Å². The Morgan fingerprint density at radius 3 is 2.31 bits per heavy atom. The van der Waals surface area contributed by atoms with Crippen molar-refractivity contribution in [2.45, 2.75) is 62.4 Å². The molecule has 36 heavy (non-hydrogen) atoms. The molecule has 3 heterocycles. The molecular weight excluding hydrogens is 512 g/mol. The molecule has 2 fully saturated rings. The molecule has 1 aromatic heterocycles. The highest BCUT2D eigenvalue weighted by molar-refractivity contribution is 7.90. The highest BCUT2D eigenvalue weighted by Crippen LogP contribution is 2.28. The predicted molar refractivity (Wildman–Crippen MR) is 136 cm³/mol. The van der Waals surface area contributed by atoms with Crippen molar-refractivity contribution in [3.8, 4) is 0 Å². The number of amides is 1. The third-order valence-electron chi connectivity index (χ3n) is 6.76. The molecule has 198 valence electrons. The maximum atomic E-state index is 14.6. The normalized spacial score (nSPS) is 19.6. The van der Waals surface area contributed by atoms with E-state index >= 15 is 0 Å². The summed E-state index contributed by atoms with van der Waals surface area (Å²) >= 11 is 0. The van der Waals surface area contributed by atoms with Crippen LogP contribution in [0, 0.1) is 11.6 Å². The number of carbonyl (C=O) groups is 1. The number of nitrogens with one attached hydrogen (secondary N) is 1. The van der Waals surface area contributed by atoms with Crippen LogP contribution < -0.4 is 10.2 Å². The quantitative estimate of drug-likeness (QED) is 0.594. The van der Waals surface area contributed by atoms with Crippen LogP contribution in [0.15, 0.2) is 29.4 Å². The van der Waals surface area contributed by atoms with Crippen LogP contribution in [0.2, 0.25) is 0 Å². The number of nitrogens with zero attached hydrogens (tertiary/aromatic N) is 4. The molecule has 0 bridgehead atoms. The van der Waals surface area contributed by atoms with Gasteiger partial charge in [-0.3, -0.25) is 4.79 Å². The van der Waals surface area contributed by atoms with Gasteiger partial charge in [0.25, 0.3) is 0 Å². The SMILES string of the molecule is CCc1cnc(N2CCC(N3CCCCC(Nc4cc(F)c(S(C)(=O)=O)cc4F)C3=O)CC2)nc1.Cl. The lowest BCUT2D eigenvalue weighted by Crippen LogP contribution is -2.51. The Morgan fingerprint density at radius 1 is 1.03 bits per heavy atom.